The van der Waals surface area contributed by atoms with Crippen LogP contribution in [0.2, 0.25) is 0 Å². The van der Waals surface area contributed by atoms with E-state index in [-0.39, 0.29) is 23.5 Å². The van der Waals surface area contributed by atoms with Gasteiger partial charge in [0.15, 0.2) is 0 Å². The molecule has 0 fully saturated rings. The highest BCUT2D eigenvalue weighted by Crippen LogP contribution is 2.32. The van der Waals surface area contributed by atoms with Gasteiger partial charge in [0.05, 0.1) is 12.8 Å². The van der Waals surface area contributed by atoms with Crippen LogP contribution >= 0.6 is 0 Å². The van der Waals surface area contributed by atoms with Crippen molar-refractivity contribution in [3.05, 3.63) is 117 Å². The van der Waals surface area contributed by atoms with Crippen LogP contribution in [0.5, 0.6) is 5.75 Å². The van der Waals surface area contributed by atoms with Crippen LogP contribution in [0, 0.1) is 0 Å². The van der Waals surface area contributed by atoms with Crippen LogP contribution < -0.4 is 26.0 Å². The lowest BCUT2D eigenvalue weighted by atomic mass is 10.0. The van der Waals surface area contributed by atoms with Crippen molar-refractivity contribution in [2.75, 3.05) is 11.0 Å². The number of halogens is 3. The van der Waals surface area contributed by atoms with Gasteiger partial charge in [-0.1, -0.05) is 54.6 Å². The molecule has 41 heavy (non-hydrogen) atoms. The second-order valence-corrected chi connectivity index (χ2v) is 10.7. The Morgan fingerprint density at radius 3 is 2.22 bits per heavy atom. The summed E-state index contributed by atoms with van der Waals surface area (Å²) in [4.78, 5) is 39.9. The van der Waals surface area contributed by atoms with E-state index in [1.54, 1.807) is 30.3 Å². The standard InChI is InChI=1S/C27H23F3N4O6S/c1-41(38,39)33-21-11-9-18(10-12-21)19-7-8-20(23(13-19)40-27(28,29)30)15-31-25(36)22-14-24(35)34(26(37)32-22)16-17-5-3-2-4-6-17/h2-14,33H,15-16H2,1H3,(H,31,36)(H,32,37). The molecule has 4 aromatic rings. The Morgan fingerprint density at radius 1 is 0.951 bits per heavy atom. The van der Waals surface area contributed by atoms with Gasteiger partial charge in [0.25, 0.3) is 11.5 Å². The first-order chi connectivity index (χ1) is 19.3. The maximum Gasteiger partial charge on any atom is 0.573 e. The number of rotatable bonds is 9. The number of ether oxygens (including phenoxy) is 1. The molecule has 0 radical (unpaired) electrons. The molecule has 0 saturated heterocycles. The number of hydrogen-bond acceptors (Lipinski definition) is 6. The summed E-state index contributed by atoms with van der Waals surface area (Å²) in [7, 11) is -3.51. The van der Waals surface area contributed by atoms with Gasteiger partial charge in [-0.15, -0.1) is 13.2 Å². The highest BCUT2D eigenvalue weighted by atomic mass is 32.2. The van der Waals surface area contributed by atoms with Gasteiger partial charge in [-0.25, -0.2) is 13.2 Å². The van der Waals surface area contributed by atoms with Crippen molar-refractivity contribution < 1.29 is 31.1 Å². The molecule has 14 heteroatoms. The van der Waals surface area contributed by atoms with Crippen molar-refractivity contribution >= 4 is 21.6 Å². The number of nitrogens with one attached hydrogen (secondary N) is 3. The summed E-state index contributed by atoms with van der Waals surface area (Å²) < 4.78 is 69.6. The third-order valence-corrected chi connectivity index (χ3v) is 6.31. The highest BCUT2D eigenvalue weighted by Gasteiger charge is 2.32. The SMILES string of the molecule is CS(=O)(=O)Nc1ccc(-c2ccc(CNC(=O)c3cc(=O)n(Cc4ccccc4)c(=O)[nH]3)c(OC(F)(F)F)c2)cc1. The third kappa shape index (κ3) is 8.08. The maximum atomic E-state index is 13.2. The predicted molar refractivity (Wildman–Crippen MR) is 145 cm³/mol. The molecule has 1 amide bonds. The molecule has 214 valence electrons. The number of carbonyl (C=O) groups excluding carboxylic acids is 1. The second-order valence-electron chi connectivity index (χ2n) is 8.90. The van der Waals surface area contributed by atoms with Crippen LogP contribution in [0.25, 0.3) is 11.1 Å². The van der Waals surface area contributed by atoms with Gasteiger partial charge in [0.1, 0.15) is 11.4 Å². The fraction of sp³-hybridized carbons (Fsp3) is 0.148. The van der Waals surface area contributed by atoms with Crippen molar-refractivity contribution in [2.24, 2.45) is 0 Å². The quantitative estimate of drug-likeness (QED) is 0.274. The molecule has 0 bridgehead atoms. The second kappa shape index (κ2) is 11.7. The first-order valence-electron chi connectivity index (χ1n) is 11.9. The lowest BCUT2D eigenvalue weighted by Gasteiger charge is -2.16. The number of aromatic amines is 1. The summed E-state index contributed by atoms with van der Waals surface area (Å²) in [6.07, 6.45) is -4.05. The number of hydrogen-bond donors (Lipinski definition) is 3. The smallest absolute Gasteiger partial charge is 0.405 e. The first-order valence-corrected chi connectivity index (χ1v) is 13.8. The minimum Gasteiger partial charge on any atom is -0.405 e. The largest absolute Gasteiger partial charge is 0.573 e. The Kier molecular flexibility index (Phi) is 8.33. The zero-order valence-corrected chi connectivity index (χ0v) is 22.2. The van der Waals surface area contributed by atoms with Gasteiger partial charge in [-0.05, 0) is 34.9 Å². The van der Waals surface area contributed by atoms with Crippen molar-refractivity contribution in [3.63, 3.8) is 0 Å². The molecule has 0 spiro atoms. The number of carbonyl (C=O) groups is 1. The van der Waals surface area contributed by atoms with E-state index in [0.717, 1.165) is 23.0 Å². The van der Waals surface area contributed by atoms with Gasteiger partial charge in [0, 0.05) is 23.9 Å². The number of alkyl halides is 3. The van der Waals surface area contributed by atoms with Gasteiger partial charge >= 0.3 is 12.1 Å². The van der Waals surface area contributed by atoms with Gasteiger partial charge in [0.2, 0.25) is 10.0 Å². The van der Waals surface area contributed by atoms with E-state index in [0.29, 0.717) is 16.7 Å². The molecule has 3 aromatic carbocycles. The molecule has 0 aliphatic rings. The third-order valence-electron chi connectivity index (χ3n) is 5.70. The van der Waals surface area contributed by atoms with Crippen LogP contribution in [-0.2, 0) is 23.1 Å². The molecular formula is C27H23F3N4O6S. The molecule has 0 unspecified atom stereocenters. The molecule has 0 saturated carbocycles. The Balaban J connectivity index is 1.53. The fourth-order valence-electron chi connectivity index (χ4n) is 3.87. The lowest BCUT2D eigenvalue weighted by Crippen LogP contribution is -2.38. The van der Waals surface area contributed by atoms with Crippen molar-refractivity contribution in [2.45, 2.75) is 19.5 Å². The molecular weight excluding hydrogens is 565 g/mol. The van der Waals surface area contributed by atoms with Crippen LogP contribution in [0.3, 0.4) is 0 Å². The van der Waals surface area contributed by atoms with E-state index in [2.05, 4.69) is 19.8 Å². The van der Waals surface area contributed by atoms with Crippen molar-refractivity contribution in [3.8, 4) is 16.9 Å². The van der Waals surface area contributed by atoms with Crippen molar-refractivity contribution in [1.82, 2.24) is 14.9 Å². The van der Waals surface area contributed by atoms with Gasteiger partial charge in [-0.2, -0.15) is 0 Å². The molecule has 1 aromatic heterocycles. The van der Waals surface area contributed by atoms with E-state index in [9.17, 15) is 36.0 Å². The molecule has 0 atom stereocenters. The Labute approximate surface area is 231 Å². The highest BCUT2D eigenvalue weighted by molar-refractivity contribution is 7.92. The molecule has 0 aliphatic heterocycles. The summed E-state index contributed by atoms with van der Waals surface area (Å²) in [6, 6.07) is 19.5. The van der Waals surface area contributed by atoms with E-state index >= 15 is 0 Å². The minimum absolute atomic E-state index is 0.0155. The van der Waals surface area contributed by atoms with Crippen LogP contribution in [0.4, 0.5) is 18.9 Å². The number of H-pyrrole nitrogens is 1. The van der Waals surface area contributed by atoms with Crippen LogP contribution in [0.1, 0.15) is 21.6 Å². The van der Waals surface area contributed by atoms with Gasteiger partial charge in [-0.3, -0.25) is 18.9 Å². The molecule has 0 aliphatic carbocycles. The topological polar surface area (TPSA) is 139 Å². The van der Waals surface area contributed by atoms with Crippen LogP contribution in [0.15, 0.2) is 88.5 Å². The number of benzene rings is 3. The van der Waals surface area contributed by atoms with Crippen LogP contribution in [-0.4, -0.2) is 36.5 Å². The monoisotopic (exact) mass is 588 g/mol. The number of amides is 1. The number of nitrogens with zero attached hydrogens (tertiary/aromatic N) is 1. The zero-order valence-electron chi connectivity index (χ0n) is 21.4. The number of anilines is 1. The Morgan fingerprint density at radius 2 is 1.61 bits per heavy atom. The average molecular weight is 589 g/mol. The van der Waals surface area contributed by atoms with E-state index in [1.807, 2.05) is 0 Å². The predicted octanol–water partition coefficient (Wildman–Crippen LogP) is 3.45. The zero-order chi connectivity index (χ0) is 29.8. The maximum absolute atomic E-state index is 13.2. The fourth-order valence-corrected chi connectivity index (χ4v) is 4.44. The average Bonchev–Trinajstić information content (AvgIpc) is 2.89. The molecule has 4 rings (SSSR count). The number of sulfonamides is 1. The lowest BCUT2D eigenvalue weighted by molar-refractivity contribution is -0.274. The first kappa shape index (κ1) is 29.1. The molecule has 3 N–H and O–H groups in total. The van der Waals surface area contributed by atoms with E-state index in [1.165, 1.54) is 36.4 Å². The summed E-state index contributed by atoms with van der Waals surface area (Å²) >= 11 is 0. The van der Waals surface area contributed by atoms with E-state index < -0.39 is 45.8 Å². The molecule has 1 heterocycles. The summed E-state index contributed by atoms with van der Waals surface area (Å²) in [5, 5.41) is 2.38. The van der Waals surface area contributed by atoms with E-state index in [4.69, 9.17) is 0 Å². The Hall–Kier alpha value is -4.85. The summed E-state index contributed by atoms with van der Waals surface area (Å²) in [5.74, 6) is -1.47. The number of aromatic nitrogens is 2. The Bertz CT molecular complexity index is 1750. The summed E-state index contributed by atoms with van der Waals surface area (Å²) in [6.45, 7) is -0.435. The summed E-state index contributed by atoms with van der Waals surface area (Å²) in [5.41, 5.74) is -0.179. The van der Waals surface area contributed by atoms with Gasteiger partial charge < -0.3 is 15.0 Å². The normalized spacial score (nSPS) is 11.6. The van der Waals surface area contributed by atoms with Crippen molar-refractivity contribution in [1.29, 1.82) is 0 Å². The molecule has 10 nitrogen and oxygen atoms in total. The minimum atomic E-state index is -5.03.